The first-order chi connectivity index (χ1) is 8.44. The maximum absolute atomic E-state index is 11.9. The number of rotatable bonds is 3. The van der Waals surface area contributed by atoms with E-state index in [2.05, 4.69) is 0 Å². The molecule has 0 aromatic heterocycles. The fraction of sp³-hybridized carbons (Fsp3) is 1.00. The molecule has 2 heterocycles. The van der Waals surface area contributed by atoms with Gasteiger partial charge in [0.05, 0.1) is 6.61 Å². The fourth-order valence-corrected chi connectivity index (χ4v) is 4.54. The second-order valence-corrected chi connectivity index (χ2v) is 8.23. The molecule has 0 aromatic rings. The zero-order chi connectivity index (χ0) is 13.4. The molecule has 5 nitrogen and oxygen atoms in total. The Morgan fingerprint density at radius 3 is 2.78 bits per heavy atom. The van der Waals surface area contributed by atoms with Crippen molar-refractivity contribution in [3.8, 4) is 0 Å². The first kappa shape index (κ1) is 15.0. The molecule has 2 aliphatic rings. The van der Waals surface area contributed by atoms with Crippen molar-refractivity contribution in [2.75, 3.05) is 33.2 Å². The SMILES string of the molecule is [B][C@@H]1O[C@@]2(CCP(C)(=O)OC2)[C@H](OPC)C1OC. The van der Waals surface area contributed by atoms with Crippen molar-refractivity contribution in [2.45, 2.75) is 30.2 Å². The summed E-state index contributed by atoms with van der Waals surface area (Å²) in [7, 11) is 5.37. The second kappa shape index (κ2) is 5.51. The molecule has 0 aromatic carbocycles. The van der Waals surface area contributed by atoms with E-state index in [4.69, 9.17) is 26.4 Å². The first-order valence-electron chi connectivity index (χ1n) is 5.94. The highest BCUT2D eigenvalue weighted by atomic mass is 31.2. The molecule has 102 valence electrons. The third-order valence-corrected chi connectivity index (χ3v) is 5.75. The van der Waals surface area contributed by atoms with Crippen molar-refractivity contribution in [3.05, 3.63) is 0 Å². The van der Waals surface area contributed by atoms with E-state index < -0.39 is 19.0 Å². The Morgan fingerprint density at radius 2 is 2.28 bits per heavy atom. The summed E-state index contributed by atoms with van der Waals surface area (Å²) in [6, 6.07) is -0.533. The van der Waals surface area contributed by atoms with Crippen molar-refractivity contribution >= 4 is 24.0 Å². The third kappa shape index (κ3) is 2.70. The van der Waals surface area contributed by atoms with Crippen LogP contribution in [0.15, 0.2) is 0 Å². The van der Waals surface area contributed by atoms with Crippen LogP contribution in [-0.2, 0) is 23.1 Å². The summed E-state index contributed by atoms with van der Waals surface area (Å²) in [5.41, 5.74) is -0.618. The highest BCUT2D eigenvalue weighted by Crippen LogP contribution is 2.53. The second-order valence-electron chi connectivity index (χ2n) is 4.85. The molecule has 3 unspecified atom stereocenters. The third-order valence-electron chi connectivity index (χ3n) is 3.55. The quantitative estimate of drug-likeness (QED) is 0.578. The van der Waals surface area contributed by atoms with Gasteiger partial charge in [0.1, 0.15) is 25.7 Å². The van der Waals surface area contributed by atoms with Crippen LogP contribution in [0, 0.1) is 0 Å². The number of hydrogen-bond donors (Lipinski definition) is 0. The van der Waals surface area contributed by atoms with Crippen LogP contribution >= 0.6 is 16.2 Å². The van der Waals surface area contributed by atoms with Crippen LogP contribution < -0.4 is 0 Å². The van der Waals surface area contributed by atoms with Crippen LogP contribution in [0.1, 0.15) is 6.42 Å². The van der Waals surface area contributed by atoms with Gasteiger partial charge in [-0.2, -0.15) is 0 Å². The summed E-state index contributed by atoms with van der Waals surface area (Å²) in [5, 5.41) is 0. The van der Waals surface area contributed by atoms with Crippen LogP contribution in [0.3, 0.4) is 0 Å². The van der Waals surface area contributed by atoms with Crippen molar-refractivity contribution < 1.29 is 23.1 Å². The zero-order valence-corrected chi connectivity index (χ0v) is 12.8. The Labute approximate surface area is 111 Å². The number of methoxy groups -OCH3 is 1. The molecule has 0 saturated carbocycles. The van der Waals surface area contributed by atoms with Crippen molar-refractivity contribution in [3.63, 3.8) is 0 Å². The van der Waals surface area contributed by atoms with Gasteiger partial charge in [-0.15, -0.1) is 0 Å². The van der Waals surface area contributed by atoms with Gasteiger partial charge in [-0.25, -0.2) is 0 Å². The monoisotopic (exact) mass is 292 g/mol. The molecule has 18 heavy (non-hydrogen) atoms. The standard InChI is InChI=1S/C10H19BO5P2/c1-13-7-8(16-17-2)10(15-9(7)11)4-5-18(3,12)14-6-10/h7-9,17H,4-6H2,1-3H3/t7?,8-,9-,10-,18?/m1/s1. The molecule has 0 bridgehead atoms. The zero-order valence-electron chi connectivity index (χ0n) is 10.9. The Kier molecular flexibility index (Phi) is 4.58. The molecule has 2 aliphatic heterocycles. The molecule has 2 saturated heterocycles. The van der Waals surface area contributed by atoms with E-state index in [1.807, 2.05) is 6.66 Å². The minimum atomic E-state index is -2.47. The summed E-state index contributed by atoms with van der Waals surface area (Å²) >= 11 is 0. The highest BCUT2D eigenvalue weighted by molar-refractivity contribution is 7.58. The largest absolute Gasteiger partial charge is 0.377 e. The van der Waals surface area contributed by atoms with Gasteiger partial charge in [0.25, 0.3) is 0 Å². The lowest BCUT2D eigenvalue weighted by Gasteiger charge is -2.39. The molecule has 6 atom stereocenters. The van der Waals surface area contributed by atoms with Crippen molar-refractivity contribution in [1.29, 1.82) is 0 Å². The maximum Gasteiger partial charge on any atom is 0.200 e. The minimum absolute atomic E-state index is 0.253. The molecule has 1 spiro atoms. The smallest absolute Gasteiger partial charge is 0.200 e. The van der Waals surface area contributed by atoms with Gasteiger partial charge < -0.3 is 18.5 Å². The van der Waals surface area contributed by atoms with Crippen LogP contribution in [0.2, 0.25) is 0 Å². The topological polar surface area (TPSA) is 54.0 Å². The summed E-state index contributed by atoms with van der Waals surface area (Å²) in [5.74, 6) is 0. The normalized spacial score (nSPS) is 49.4. The molecule has 2 radical (unpaired) electrons. The van der Waals surface area contributed by atoms with Gasteiger partial charge in [-0.05, 0) is 13.1 Å². The van der Waals surface area contributed by atoms with E-state index in [-0.39, 0.29) is 18.8 Å². The predicted octanol–water partition coefficient (Wildman–Crippen LogP) is 1.20. The number of hydrogen-bond acceptors (Lipinski definition) is 5. The lowest BCUT2D eigenvalue weighted by Crippen LogP contribution is -2.50. The van der Waals surface area contributed by atoms with Crippen molar-refractivity contribution in [2.24, 2.45) is 0 Å². The summed E-state index contributed by atoms with van der Waals surface area (Å²) in [6.07, 6.45) is 0.545. The fourth-order valence-electron chi connectivity index (χ4n) is 2.53. The average molecular weight is 292 g/mol. The molecule has 2 rings (SSSR count). The minimum Gasteiger partial charge on any atom is -0.377 e. The van der Waals surface area contributed by atoms with Gasteiger partial charge >= 0.3 is 0 Å². The van der Waals surface area contributed by atoms with Crippen LogP contribution in [-0.4, -0.2) is 64.9 Å². The molecular formula is C10H19BO5P2. The Morgan fingerprint density at radius 1 is 1.56 bits per heavy atom. The number of ether oxygens (including phenoxy) is 2. The average Bonchev–Trinajstić information content (AvgIpc) is 2.57. The summed E-state index contributed by atoms with van der Waals surface area (Å²) in [4.78, 5) is 0. The Balaban J connectivity index is 2.18. The summed E-state index contributed by atoms with van der Waals surface area (Å²) in [6.45, 7) is 3.85. The molecule has 0 N–H and O–H groups in total. The first-order valence-corrected chi connectivity index (χ1v) is 9.60. The Bertz CT molecular complexity index is 341. The van der Waals surface area contributed by atoms with Gasteiger partial charge in [0.2, 0.25) is 0 Å². The van der Waals surface area contributed by atoms with Crippen LogP contribution in [0.4, 0.5) is 0 Å². The maximum atomic E-state index is 11.9. The van der Waals surface area contributed by atoms with E-state index in [0.717, 1.165) is 0 Å². The van der Waals surface area contributed by atoms with Crippen LogP contribution in [0.5, 0.6) is 0 Å². The van der Waals surface area contributed by atoms with Gasteiger partial charge in [-0.3, -0.25) is 4.57 Å². The molecule has 8 heteroatoms. The van der Waals surface area contributed by atoms with Gasteiger partial charge in [0, 0.05) is 34.7 Å². The van der Waals surface area contributed by atoms with E-state index in [1.54, 1.807) is 13.8 Å². The molecule has 0 aliphatic carbocycles. The molecule has 2 fully saturated rings. The lowest BCUT2D eigenvalue weighted by atomic mass is 9.88. The van der Waals surface area contributed by atoms with Crippen LogP contribution in [0.25, 0.3) is 0 Å². The lowest BCUT2D eigenvalue weighted by molar-refractivity contribution is -0.0913. The van der Waals surface area contributed by atoms with E-state index in [9.17, 15) is 4.57 Å². The van der Waals surface area contributed by atoms with Crippen molar-refractivity contribution in [1.82, 2.24) is 0 Å². The van der Waals surface area contributed by atoms with Gasteiger partial charge in [0.15, 0.2) is 7.37 Å². The Hall–Kier alpha value is 0.565. The van der Waals surface area contributed by atoms with Gasteiger partial charge in [-0.1, -0.05) is 0 Å². The highest BCUT2D eigenvalue weighted by Gasteiger charge is 2.57. The molecule has 0 amide bonds. The predicted molar refractivity (Wildman–Crippen MR) is 72.2 cm³/mol. The van der Waals surface area contributed by atoms with E-state index in [0.29, 0.717) is 21.4 Å². The summed E-state index contributed by atoms with van der Waals surface area (Å²) < 4.78 is 34.3. The van der Waals surface area contributed by atoms with E-state index in [1.165, 1.54) is 0 Å². The van der Waals surface area contributed by atoms with E-state index >= 15 is 0 Å². The molecular weight excluding hydrogens is 273 g/mol.